The van der Waals surface area contributed by atoms with Crippen LogP contribution in [0.2, 0.25) is 0 Å². The molecule has 3 atom stereocenters. The first-order chi connectivity index (χ1) is 9.92. The normalized spacial score (nSPS) is 28.0. The largest absolute Gasteiger partial charge is 0.496 e. The summed E-state index contributed by atoms with van der Waals surface area (Å²) in [5.74, 6) is 1.98. The minimum atomic E-state index is -3.45. The number of ether oxygens (including phenoxy) is 1. The summed E-state index contributed by atoms with van der Waals surface area (Å²) < 4.78 is 33.6. The first-order valence-corrected chi connectivity index (χ1v) is 9.07. The predicted molar refractivity (Wildman–Crippen MR) is 82.0 cm³/mol. The van der Waals surface area contributed by atoms with Crippen molar-refractivity contribution in [3.05, 3.63) is 23.3 Å². The molecule has 1 aromatic carbocycles. The summed E-state index contributed by atoms with van der Waals surface area (Å²) in [5.41, 5.74) is 1.65. The maximum absolute atomic E-state index is 12.7. The zero-order valence-electron chi connectivity index (χ0n) is 12.8. The second-order valence-corrected chi connectivity index (χ2v) is 8.10. The summed E-state index contributed by atoms with van der Waals surface area (Å²) in [6.45, 7) is 3.73. The van der Waals surface area contributed by atoms with Gasteiger partial charge in [0.25, 0.3) is 0 Å². The Labute approximate surface area is 126 Å². The van der Waals surface area contributed by atoms with E-state index in [1.165, 1.54) is 19.3 Å². The molecule has 3 rings (SSSR count). The van der Waals surface area contributed by atoms with Crippen LogP contribution in [0.5, 0.6) is 5.75 Å². The van der Waals surface area contributed by atoms with Crippen molar-refractivity contribution in [3.8, 4) is 5.75 Å². The van der Waals surface area contributed by atoms with E-state index in [9.17, 15) is 8.42 Å². The molecule has 2 fully saturated rings. The van der Waals surface area contributed by atoms with Crippen LogP contribution in [0, 0.1) is 25.7 Å². The highest BCUT2D eigenvalue weighted by Gasteiger charge is 2.41. The van der Waals surface area contributed by atoms with E-state index < -0.39 is 10.0 Å². The predicted octanol–water partition coefficient (Wildman–Crippen LogP) is 2.78. The number of methoxy groups -OCH3 is 1. The Morgan fingerprint density at radius 1 is 1.14 bits per heavy atom. The fourth-order valence-corrected chi connectivity index (χ4v) is 5.55. The maximum atomic E-state index is 12.7. The van der Waals surface area contributed by atoms with Crippen LogP contribution in [0.3, 0.4) is 0 Å². The van der Waals surface area contributed by atoms with Gasteiger partial charge in [-0.05, 0) is 68.2 Å². The topological polar surface area (TPSA) is 55.4 Å². The molecule has 0 spiro atoms. The molecule has 0 radical (unpaired) electrons. The first kappa shape index (κ1) is 14.9. The van der Waals surface area contributed by atoms with Crippen molar-refractivity contribution in [1.29, 1.82) is 0 Å². The maximum Gasteiger partial charge on any atom is 0.241 e. The van der Waals surface area contributed by atoms with E-state index in [1.54, 1.807) is 19.2 Å². The van der Waals surface area contributed by atoms with Crippen molar-refractivity contribution in [2.75, 3.05) is 7.11 Å². The number of rotatable bonds is 4. The fraction of sp³-hybridized carbons (Fsp3) is 0.625. The van der Waals surface area contributed by atoms with Crippen molar-refractivity contribution < 1.29 is 13.2 Å². The quantitative estimate of drug-likeness (QED) is 0.930. The van der Waals surface area contributed by atoms with E-state index in [2.05, 4.69) is 4.72 Å². The van der Waals surface area contributed by atoms with Crippen molar-refractivity contribution in [2.24, 2.45) is 11.8 Å². The lowest BCUT2D eigenvalue weighted by Gasteiger charge is -2.23. The summed E-state index contributed by atoms with van der Waals surface area (Å²) in [7, 11) is -1.85. The summed E-state index contributed by atoms with van der Waals surface area (Å²) in [6.07, 6.45) is 4.62. The third-order valence-corrected chi connectivity index (χ3v) is 6.88. The third kappa shape index (κ3) is 2.57. The summed E-state index contributed by atoms with van der Waals surface area (Å²) in [4.78, 5) is 0.378. The molecule has 2 saturated carbocycles. The average molecular weight is 309 g/mol. The van der Waals surface area contributed by atoms with E-state index in [0.29, 0.717) is 10.8 Å². The van der Waals surface area contributed by atoms with Crippen LogP contribution < -0.4 is 9.46 Å². The minimum absolute atomic E-state index is 0.121. The second kappa shape index (κ2) is 5.29. The molecule has 0 amide bonds. The molecule has 0 aliphatic heterocycles. The van der Waals surface area contributed by atoms with Gasteiger partial charge in [-0.2, -0.15) is 0 Å². The molecular weight excluding hydrogens is 286 g/mol. The molecular formula is C16H23NO3S. The van der Waals surface area contributed by atoms with Gasteiger partial charge in [-0.1, -0.05) is 6.42 Å². The van der Waals surface area contributed by atoms with Crippen LogP contribution in [0.25, 0.3) is 0 Å². The van der Waals surface area contributed by atoms with Crippen LogP contribution in [-0.2, 0) is 10.0 Å². The molecule has 2 bridgehead atoms. The van der Waals surface area contributed by atoms with Gasteiger partial charge in [0, 0.05) is 6.04 Å². The highest BCUT2D eigenvalue weighted by Crippen LogP contribution is 2.45. The molecule has 4 nitrogen and oxygen atoms in total. The number of nitrogens with one attached hydrogen (secondary N) is 1. The Hall–Kier alpha value is -1.07. The van der Waals surface area contributed by atoms with Crippen molar-refractivity contribution in [3.63, 3.8) is 0 Å². The monoisotopic (exact) mass is 309 g/mol. The number of hydrogen-bond donors (Lipinski definition) is 1. The van der Waals surface area contributed by atoms with Gasteiger partial charge in [0.2, 0.25) is 10.0 Å². The van der Waals surface area contributed by atoms with E-state index in [1.807, 2.05) is 13.8 Å². The standard InChI is InChI=1S/C16H23NO3S/c1-10-11(2)16(7-6-15(10)20-3)21(18,19)17-14-9-12-4-5-13(14)8-12/h6-7,12-14,17H,4-5,8-9H2,1-3H3. The van der Waals surface area contributed by atoms with Gasteiger partial charge in [-0.3, -0.25) is 0 Å². The molecule has 3 unspecified atom stereocenters. The minimum Gasteiger partial charge on any atom is -0.496 e. The molecule has 2 aliphatic carbocycles. The molecule has 0 aromatic heterocycles. The van der Waals surface area contributed by atoms with Crippen LogP contribution in [0.1, 0.15) is 36.8 Å². The SMILES string of the molecule is COc1ccc(S(=O)(=O)NC2CC3CCC2C3)c(C)c1C. The Morgan fingerprint density at radius 2 is 1.90 bits per heavy atom. The van der Waals surface area contributed by atoms with E-state index in [-0.39, 0.29) is 6.04 Å². The second-order valence-electron chi connectivity index (χ2n) is 6.42. The molecule has 21 heavy (non-hydrogen) atoms. The summed E-state index contributed by atoms with van der Waals surface area (Å²) in [6, 6.07) is 3.50. The lowest BCUT2D eigenvalue weighted by molar-refractivity contribution is 0.390. The van der Waals surface area contributed by atoms with Crippen LogP contribution in [-0.4, -0.2) is 21.6 Å². The number of hydrogen-bond acceptors (Lipinski definition) is 3. The highest BCUT2D eigenvalue weighted by molar-refractivity contribution is 7.89. The first-order valence-electron chi connectivity index (χ1n) is 7.59. The molecule has 5 heteroatoms. The summed E-state index contributed by atoms with van der Waals surface area (Å²) >= 11 is 0. The summed E-state index contributed by atoms with van der Waals surface area (Å²) in [5, 5.41) is 0. The van der Waals surface area contributed by atoms with Gasteiger partial charge in [0.1, 0.15) is 5.75 Å². The van der Waals surface area contributed by atoms with Gasteiger partial charge in [-0.25, -0.2) is 13.1 Å². The smallest absolute Gasteiger partial charge is 0.241 e. The molecule has 1 N–H and O–H groups in total. The third-order valence-electron chi connectivity index (χ3n) is 5.24. The van der Waals surface area contributed by atoms with Crippen LogP contribution >= 0.6 is 0 Å². The zero-order chi connectivity index (χ0) is 15.2. The lowest BCUT2D eigenvalue weighted by Crippen LogP contribution is -2.38. The van der Waals surface area contributed by atoms with Crippen LogP contribution in [0.15, 0.2) is 17.0 Å². The average Bonchev–Trinajstić information content (AvgIpc) is 3.03. The van der Waals surface area contributed by atoms with Gasteiger partial charge in [0.05, 0.1) is 12.0 Å². The van der Waals surface area contributed by atoms with Crippen molar-refractivity contribution in [1.82, 2.24) is 4.72 Å². The Morgan fingerprint density at radius 3 is 2.48 bits per heavy atom. The van der Waals surface area contributed by atoms with Gasteiger partial charge < -0.3 is 4.74 Å². The Kier molecular flexibility index (Phi) is 3.74. The van der Waals surface area contributed by atoms with Crippen molar-refractivity contribution >= 4 is 10.0 Å². The van der Waals surface area contributed by atoms with Gasteiger partial charge in [0.15, 0.2) is 0 Å². The van der Waals surface area contributed by atoms with Gasteiger partial charge >= 0.3 is 0 Å². The number of benzene rings is 1. The molecule has 0 saturated heterocycles. The highest BCUT2D eigenvalue weighted by atomic mass is 32.2. The van der Waals surface area contributed by atoms with Crippen molar-refractivity contribution in [2.45, 2.75) is 50.5 Å². The lowest BCUT2D eigenvalue weighted by atomic mass is 9.96. The zero-order valence-corrected chi connectivity index (χ0v) is 13.7. The molecule has 0 heterocycles. The van der Waals surface area contributed by atoms with Gasteiger partial charge in [-0.15, -0.1) is 0 Å². The number of fused-ring (bicyclic) bond motifs is 2. The Balaban J connectivity index is 1.87. The number of sulfonamides is 1. The fourth-order valence-electron chi connectivity index (χ4n) is 3.94. The van der Waals surface area contributed by atoms with E-state index in [0.717, 1.165) is 29.2 Å². The Bertz CT molecular complexity index is 654. The molecule has 116 valence electrons. The van der Waals surface area contributed by atoms with E-state index >= 15 is 0 Å². The molecule has 1 aromatic rings. The van der Waals surface area contributed by atoms with E-state index in [4.69, 9.17) is 4.74 Å². The molecule has 2 aliphatic rings. The van der Waals surface area contributed by atoms with Crippen LogP contribution in [0.4, 0.5) is 0 Å².